The molecule has 68 valence electrons. The lowest BCUT2D eigenvalue weighted by molar-refractivity contribution is 0.452. The molecule has 1 aromatic heterocycles. The number of hydrogen-bond donors (Lipinski definition) is 0. The van der Waals surface area contributed by atoms with Crippen LogP contribution in [-0.2, 0) is 5.41 Å². The highest BCUT2D eigenvalue weighted by molar-refractivity contribution is 7.09. The minimum absolute atomic E-state index is 0.219. The van der Waals surface area contributed by atoms with Gasteiger partial charge < -0.3 is 0 Å². The van der Waals surface area contributed by atoms with Gasteiger partial charge in [-0.25, -0.2) is 0 Å². The van der Waals surface area contributed by atoms with Crippen LogP contribution in [-0.4, -0.2) is 10.2 Å². The van der Waals surface area contributed by atoms with Crippen LogP contribution in [0, 0.1) is 0 Å². The van der Waals surface area contributed by atoms with Gasteiger partial charge in [0, 0.05) is 5.41 Å². The zero-order valence-corrected chi connectivity index (χ0v) is 8.82. The van der Waals surface area contributed by atoms with Crippen LogP contribution in [0.4, 0.5) is 0 Å². The van der Waals surface area contributed by atoms with Crippen molar-refractivity contribution < 1.29 is 0 Å². The Morgan fingerprint density at radius 1 is 1.50 bits per heavy atom. The summed E-state index contributed by atoms with van der Waals surface area (Å²) in [7, 11) is 0. The van der Waals surface area contributed by atoms with Gasteiger partial charge in [-0.2, -0.15) is 0 Å². The Hall–Kier alpha value is -0.440. The summed E-state index contributed by atoms with van der Waals surface area (Å²) in [6.45, 7) is 6.70. The average molecular weight is 184 g/mol. The van der Waals surface area contributed by atoms with Gasteiger partial charge in [-0.3, -0.25) is 0 Å². The van der Waals surface area contributed by atoms with Crippen molar-refractivity contribution in [1.82, 2.24) is 10.2 Å². The molecule has 3 heteroatoms. The Kier molecular flexibility index (Phi) is 3.20. The summed E-state index contributed by atoms with van der Waals surface area (Å²) in [6, 6.07) is 0. The largest absolute Gasteiger partial charge is 0.147 e. The Bertz CT molecular complexity index is 216. The first-order valence-corrected chi connectivity index (χ1v) is 5.31. The lowest BCUT2D eigenvalue weighted by Crippen LogP contribution is -2.16. The number of unbranched alkanes of at least 4 members (excludes halogenated alkanes) is 1. The fraction of sp³-hybridized carbons (Fsp3) is 0.778. The molecule has 2 nitrogen and oxygen atoms in total. The number of rotatable bonds is 4. The van der Waals surface area contributed by atoms with E-state index in [1.54, 1.807) is 11.3 Å². The van der Waals surface area contributed by atoms with Gasteiger partial charge in [-0.15, -0.1) is 21.5 Å². The van der Waals surface area contributed by atoms with Crippen LogP contribution in [0.15, 0.2) is 5.51 Å². The highest BCUT2D eigenvalue weighted by atomic mass is 32.1. The van der Waals surface area contributed by atoms with Gasteiger partial charge in [0.05, 0.1) is 0 Å². The van der Waals surface area contributed by atoms with E-state index in [0.29, 0.717) is 0 Å². The second-order valence-corrected chi connectivity index (χ2v) is 4.56. The van der Waals surface area contributed by atoms with E-state index in [2.05, 4.69) is 31.0 Å². The van der Waals surface area contributed by atoms with E-state index in [9.17, 15) is 0 Å². The maximum absolute atomic E-state index is 4.11. The first kappa shape index (κ1) is 9.65. The normalized spacial score (nSPS) is 11.9. The molecule has 0 radical (unpaired) electrons. The van der Waals surface area contributed by atoms with E-state index >= 15 is 0 Å². The SMILES string of the molecule is CCCCC(C)(C)c1nncs1. The quantitative estimate of drug-likeness (QED) is 0.719. The van der Waals surface area contributed by atoms with E-state index in [1.165, 1.54) is 19.3 Å². The first-order valence-electron chi connectivity index (χ1n) is 4.43. The van der Waals surface area contributed by atoms with Gasteiger partial charge in [0.1, 0.15) is 10.5 Å². The summed E-state index contributed by atoms with van der Waals surface area (Å²) in [5.74, 6) is 0. The third kappa shape index (κ3) is 2.27. The molecule has 1 aromatic rings. The molecule has 0 aliphatic heterocycles. The minimum atomic E-state index is 0.219. The van der Waals surface area contributed by atoms with Gasteiger partial charge in [0.2, 0.25) is 0 Å². The molecule has 0 fully saturated rings. The topological polar surface area (TPSA) is 25.8 Å². The monoisotopic (exact) mass is 184 g/mol. The molecule has 1 rings (SSSR count). The van der Waals surface area contributed by atoms with Gasteiger partial charge in [-0.1, -0.05) is 33.6 Å². The number of aromatic nitrogens is 2. The molecule has 0 aliphatic carbocycles. The standard InChI is InChI=1S/C9H16N2S/c1-4-5-6-9(2,3)8-11-10-7-12-8/h7H,4-6H2,1-3H3. The van der Waals surface area contributed by atoms with Crippen molar-refractivity contribution in [1.29, 1.82) is 0 Å². The first-order chi connectivity index (χ1) is 5.67. The highest BCUT2D eigenvalue weighted by Crippen LogP contribution is 2.29. The zero-order chi connectivity index (χ0) is 9.03. The van der Waals surface area contributed by atoms with Crippen molar-refractivity contribution in [2.75, 3.05) is 0 Å². The molecule has 0 spiro atoms. The third-order valence-corrected chi connectivity index (χ3v) is 3.15. The Morgan fingerprint density at radius 3 is 2.75 bits per heavy atom. The van der Waals surface area contributed by atoms with Crippen molar-refractivity contribution in [3.05, 3.63) is 10.5 Å². The molecule has 0 bridgehead atoms. The fourth-order valence-corrected chi connectivity index (χ4v) is 1.90. The highest BCUT2D eigenvalue weighted by Gasteiger charge is 2.22. The number of hydrogen-bond acceptors (Lipinski definition) is 3. The predicted octanol–water partition coefficient (Wildman–Crippen LogP) is 3.01. The molecular formula is C9H16N2S. The van der Waals surface area contributed by atoms with E-state index in [-0.39, 0.29) is 5.41 Å². The molecule has 0 unspecified atom stereocenters. The lowest BCUT2D eigenvalue weighted by Gasteiger charge is -2.20. The molecule has 0 N–H and O–H groups in total. The fourth-order valence-electron chi connectivity index (χ4n) is 1.19. The number of nitrogens with zero attached hydrogens (tertiary/aromatic N) is 2. The maximum Gasteiger partial charge on any atom is 0.122 e. The molecule has 0 atom stereocenters. The van der Waals surface area contributed by atoms with Crippen LogP contribution < -0.4 is 0 Å². The molecule has 1 heterocycles. The van der Waals surface area contributed by atoms with Gasteiger partial charge in [0.15, 0.2) is 0 Å². The summed E-state index contributed by atoms with van der Waals surface area (Å²) in [6.07, 6.45) is 3.73. The Balaban J connectivity index is 2.59. The van der Waals surface area contributed by atoms with Crippen LogP contribution in [0.2, 0.25) is 0 Å². The van der Waals surface area contributed by atoms with Crippen LogP contribution in [0.5, 0.6) is 0 Å². The summed E-state index contributed by atoms with van der Waals surface area (Å²) in [5.41, 5.74) is 2.03. The van der Waals surface area contributed by atoms with Crippen molar-refractivity contribution in [2.45, 2.75) is 45.4 Å². The third-order valence-electron chi connectivity index (χ3n) is 2.09. The molecule has 12 heavy (non-hydrogen) atoms. The van der Waals surface area contributed by atoms with Crippen molar-refractivity contribution in [3.8, 4) is 0 Å². The van der Waals surface area contributed by atoms with E-state index in [4.69, 9.17) is 0 Å². The summed E-state index contributed by atoms with van der Waals surface area (Å²) >= 11 is 1.66. The molecule has 0 amide bonds. The van der Waals surface area contributed by atoms with Gasteiger partial charge in [0.25, 0.3) is 0 Å². The van der Waals surface area contributed by atoms with Crippen molar-refractivity contribution >= 4 is 11.3 Å². The second-order valence-electron chi connectivity index (χ2n) is 3.73. The molecular weight excluding hydrogens is 168 g/mol. The van der Waals surface area contributed by atoms with E-state index in [1.807, 2.05) is 5.51 Å². The van der Waals surface area contributed by atoms with Crippen LogP contribution in [0.1, 0.15) is 45.0 Å². The van der Waals surface area contributed by atoms with E-state index < -0.39 is 0 Å². The van der Waals surface area contributed by atoms with Gasteiger partial charge >= 0.3 is 0 Å². The lowest BCUT2D eigenvalue weighted by atomic mass is 9.88. The zero-order valence-electron chi connectivity index (χ0n) is 8.00. The van der Waals surface area contributed by atoms with Crippen molar-refractivity contribution in [2.24, 2.45) is 0 Å². The maximum atomic E-state index is 4.11. The van der Waals surface area contributed by atoms with Crippen LogP contribution >= 0.6 is 11.3 Å². The van der Waals surface area contributed by atoms with Crippen LogP contribution in [0.25, 0.3) is 0 Å². The van der Waals surface area contributed by atoms with Gasteiger partial charge in [-0.05, 0) is 6.42 Å². The minimum Gasteiger partial charge on any atom is -0.147 e. The summed E-state index contributed by atoms with van der Waals surface area (Å²) < 4.78 is 0. The molecule has 0 aromatic carbocycles. The molecule has 0 aliphatic rings. The molecule has 0 saturated carbocycles. The Labute approximate surface area is 78.0 Å². The summed E-state index contributed by atoms with van der Waals surface area (Å²) in [5, 5.41) is 9.14. The Morgan fingerprint density at radius 2 is 2.25 bits per heavy atom. The smallest absolute Gasteiger partial charge is 0.122 e. The van der Waals surface area contributed by atoms with Crippen molar-refractivity contribution in [3.63, 3.8) is 0 Å². The average Bonchev–Trinajstić information content (AvgIpc) is 2.53. The second kappa shape index (κ2) is 3.99. The summed E-state index contributed by atoms with van der Waals surface area (Å²) in [4.78, 5) is 0. The predicted molar refractivity (Wildman–Crippen MR) is 52.5 cm³/mol. The van der Waals surface area contributed by atoms with E-state index in [0.717, 1.165) is 5.01 Å². The molecule has 0 saturated heterocycles. The van der Waals surface area contributed by atoms with Crippen LogP contribution in [0.3, 0.4) is 0 Å².